The zero-order valence-corrected chi connectivity index (χ0v) is 16.8. The van der Waals surface area contributed by atoms with Gasteiger partial charge in [-0.1, -0.05) is 64.0 Å². The van der Waals surface area contributed by atoms with Crippen LogP contribution < -0.4 is 10.6 Å². The van der Waals surface area contributed by atoms with Gasteiger partial charge in [0.1, 0.15) is 0 Å². The number of carbonyl (C=O) groups excluding carboxylic acids is 2. The fraction of sp³-hybridized carbons (Fsp3) is 0.476. The van der Waals surface area contributed by atoms with Crippen molar-refractivity contribution >= 4 is 34.0 Å². The third-order valence-corrected chi connectivity index (χ3v) is 5.04. The Morgan fingerprint density at radius 3 is 2.37 bits per heavy atom. The van der Waals surface area contributed by atoms with E-state index in [0.717, 1.165) is 12.8 Å². The van der Waals surface area contributed by atoms with E-state index in [1.54, 1.807) is 29.8 Å². The van der Waals surface area contributed by atoms with E-state index in [-0.39, 0.29) is 11.8 Å². The first-order valence-electron chi connectivity index (χ1n) is 9.80. The van der Waals surface area contributed by atoms with E-state index < -0.39 is 0 Å². The largest absolute Gasteiger partial charge is 0.325 e. The Balaban J connectivity index is 1.74. The first kappa shape index (κ1) is 21.1. The lowest BCUT2D eigenvalue weighted by Gasteiger charge is -2.10. The Morgan fingerprint density at radius 1 is 0.963 bits per heavy atom. The summed E-state index contributed by atoms with van der Waals surface area (Å²) in [5, 5.41) is 7.96. The zero-order valence-electron chi connectivity index (χ0n) is 16.0. The lowest BCUT2D eigenvalue weighted by molar-refractivity contribution is -0.116. The van der Waals surface area contributed by atoms with E-state index in [1.165, 1.54) is 49.9 Å². The molecule has 0 aliphatic heterocycles. The number of unbranched alkanes of at least 4 members (excludes halogenated alkanes) is 7. The highest BCUT2D eigenvalue weighted by molar-refractivity contribution is 7.13. The number of carbonyl (C=O) groups is 2. The monoisotopic (exact) mass is 387 g/mol. The molecule has 0 spiro atoms. The first-order valence-corrected chi connectivity index (χ1v) is 10.7. The molecule has 0 saturated heterocycles. The van der Waals surface area contributed by atoms with E-state index in [4.69, 9.17) is 0 Å². The molecule has 27 heavy (non-hydrogen) atoms. The minimum atomic E-state index is -0.270. The van der Waals surface area contributed by atoms with Gasteiger partial charge in [-0.15, -0.1) is 11.3 Å². The molecule has 1 heterocycles. The molecule has 6 heteroatoms. The number of aromatic nitrogens is 1. The number of amides is 2. The number of anilines is 2. The fourth-order valence-corrected chi connectivity index (χ4v) is 3.40. The molecule has 0 radical (unpaired) electrons. The molecule has 0 aliphatic carbocycles. The average molecular weight is 388 g/mol. The second-order valence-electron chi connectivity index (χ2n) is 6.61. The third-order valence-electron chi connectivity index (χ3n) is 4.36. The predicted molar refractivity (Wildman–Crippen MR) is 112 cm³/mol. The van der Waals surface area contributed by atoms with Gasteiger partial charge in [-0.2, -0.15) is 0 Å². The highest BCUT2D eigenvalue weighted by atomic mass is 32.1. The Kier molecular flexibility index (Phi) is 9.55. The fourth-order valence-electron chi connectivity index (χ4n) is 2.87. The SMILES string of the molecule is CCCCCCCCCCC(=O)Nc1ccccc1C(=O)Nc1nccs1. The van der Waals surface area contributed by atoms with Crippen LogP contribution in [0.15, 0.2) is 35.8 Å². The summed E-state index contributed by atoms with van der Waals surface area (Å²) in [6.45, 7) is 2.22. The summed E-state index contributed by atoms with van der Waals surface area (Å²) in [5.41, 5.74) is 0.980. The van der Waals surface area contributed by atoms with E-state index >= 15 is 0 Å². The topological polar surface area (TPSA) is 71.1 Å². The zero-order chi connectivity index (χ0) is 19.3. The molecule has 2 N–H and O–H groups in total. The van der Waals surface area contributed by atoms with Crippen molar-refractivity contribution in [3.8, 4) is 0 Å². The van der Waals surface area contributed by atoms with Gasteiger partial charge in [-0.25, -0.2) is 4.98 Å². The number of thiazole rings is 1. The molecule has 2 amide bonds. The number of benzene rings is 1. The molecule has 0 unspecified atom stereocenters. The Labute approximate surface area is 165 Å². The number of rotatable bonds is 12. The quantitative estimate of drug-likeness (QED) is 0.448. The molecule has 2 rings (SSSR count). The van der Waals surface area contributed by atoms with Crippen LogP contribution >= 0.6 is 11.3 Å². The van der Waals surface area contributed by atoms with Crippen molar-refractivity contribution in [1.82, 2.24) is 4.98 Å². The van der Waals surface area contributed by atoms with Gasteiger partial charge in [-0.3, -0.25) is 14.9 Å². The standard InChI is InChI=1S/C21H29N3O2S/c1-2-3-4-5-6-7-8-9-14-19(25)23-18-13-11-10-12-17(18)20(26)24-21-22-15-16-27-21/h10-13,15-16H,2-9,14H2,1H3,(H,23,25)(H,22,24,26). The molecule has 0 bridgehead atoms. The molecule has 1 aromatic heterocycles. The minimum absolute atomic E-state index is 0.0459. The first-order chi connectivity index (χ1) is 13.2. The highest BCUT2D eigenvalue weighted by Gasteiger charge is 2.14. The third kappa shape index (κ3) is 7.91. The second-order valence-corrected chi connectivity index (χ2v) is 7.50. The summed E-state index contributed by atoms with van der Waals surface area (Å²) in [6, 6.07) is 7.05. The smallest absolute Gasteiger partial charge is 0.259 e. The van der Waals surface area contributed by atoms with Crippen LogP contribution in [0.25, 0.3) is 0 Å². The van der Waals surface area contributed by atoms with Crippen molar-refractivity contribution in [3.63, 3.8) is 0 Å². The number of hydrogen-bond donors (Lipinski definition) is 2. The number of nitrogens with zero attached hydrogens (tertiary/aromatic N) is 1. The molecule has 0 atom stereocenters. The number of nitrogens with one attached hydrogen (secondary N) is 2. The maximum absolute atomic E-state index is 12.4. The van der Waals surface area contributed by atoms with Crippen LogP contribution in [0.2, 0.25) is 0 Å². The van der Waals surface area contributed by atoms with Gasteiger partial charge >= 0.3 is 0 Å². The van der Waals surface area contributed by atoms with Crippen molar-refractivity contribution in [2.75, 3.05) is 10.6 Å². The number of hydrogen-bond acceptors (Lipinski definition) is 4. The highest BCUT2D eigenvalue weighted by Crippen LogP contribution is 2.19. The van der Waals surface area contributed by atoms with Crippen molar-refractivity contribution in [3.05, 3.63) is 41.4 Å². The molecular weight excluding hydrogens is 358 g/mol. The molecule has 0 saturated carbocycles. The minimum Gasteiger partial charge on any atom is -0.325 e. The van der Waals surface area contributed by atoms with Crippen molar-refractivity contribution in [2.45, 2.75) is 64.7 Å². The molecule has 0 aliphatic rings. The molecule has 0 fully saturated rings. The lowest BCUT2D eigenvalue weighted by atomic mass is 10.1. The normalized spacial score (nSPS) is 10.6. The summed E-state index contributed by atoms with van der Waals surface area (Å²) >= 11 is 1.36. The van der Waals surface area contributed by atoms with Crippen molar-refractivity contribution in [1.29, 1.82) is 0 Å². The summed E-state index contributed by atoms with van der Waals surface area (Å²) < 4.78 is 0. The van der Waals surface area contributed by atoms with E-state index in [1.807, 2.05) is 6.07 Å². The summed E-state index contributed by atoms with van der Waals surface area (Å²) in [6.07, 6.45) is 11.7. The Morgan fingerprint density at radius 2 is 1.67 bits per heavy atom. The Bertz CT molecular complexity index is 701. The molecule has 1 aromatic carbocycles. The van der Waals surface area contributed by atoms with Crippen LogP contribution in [0.4, 0.5) is 10.8 Å². The maximum Gasteiger partial charge on any atom is 0.259 e. The Hall–Kier alpha value is -2.21. The number of para-hydroxylation sites is 1. The van der Waals surface area contributed by atoms with Gasteiger partial charge in [0.2, 0.25) is 5.91 Å². The molecule has 146 valence electrons. The van der Waals surface area contributed by atoms with Gasteiger partial charge < -0.3 is 5.32 Å². The average Bonchev–Trinajstić information content (AvgIpc) is 3.17. The lowest BCUT2D eigenvalue weighted by Crippen LogP contribution is -2.18. The van der Waals surface area contributed by atoms with Gasteiger partial charge in [0.15, 0.2) is 5.13 Å². The summed E-state index contributed by atoms with van der Waals surface area (Å²) in [5.74, 6) is -0.316. The van der Waals surface area contributed by atoms with E-state index in [0.29, 0.717) is 22.8 Å². The second kappa shape index (κ2) is 12.2. The van der Waals surface area contributed by atoms with Gasteiger partial charge in [0, 0.05) is 18.0 Å². The van der Waals surface area contributed by atoms with E-state index in [2.05, 4.69) is 22.5 Å². The van der Waals surface area contributed by atoms with Crippen molar-refractivity contribution in [2.24, 2.45) is 0 Å². The van der Waals surface area contributed by atoms with Crippen molar-refractivity contribution < 1.29 is 9.59 Å². The van der Waals surface area contributed by atoms with Crippen LogP contribution in [0.3, 0.4) is 0 Å². The summed E-state index contributed by atoms with van der Waals surface area (Å²) in [7, 11) is 0. The van der Waals surface area contributed by atoms with Gasteiger partial charge in [0.05, 0.1) is 11.3 Å². The summed E-state index contributed by atoms with van der Waals surface area (Å²) in [4.78, 5) is 28.7. The molecule has 2 aromatic rings. The molecular formula is C21H29N3O2S. The van der Waals surface area contributed by atoms with E-state index in [9.17, 15) is 9.59 Å². The maximum atomic E-state index is 12.4. The predicted octanol–water partition coefficient (Wildman–Crippen LogP) is 5.86. The van der Waals surface area contributed by atoms with Crippen LogP contribution in [-0.2, 0) is 4.79 Å². The van der Waals surface area contributed by atoms with Crippen LogP contribution in [0, 0.1) is 0 Å². The van der Waals surface area contributed by atoms with Gasteiger partial charge in [0.25, 0.3) is 5.91 Å². The molecule has 5 nitrogen and oxygen atoms in total. The van der Waals surface area contributed by atoms with Gasteiger partial charge in [-0.05, 0) is 18.6 Å². The van der Waals surface area contributed by atoms with Crippen LogP contribution in [-0.4, -0.2) is 16.8 Å². The van der Waals surface area contributed by atoms with Crippen LogP contribution in [0.5, 0.6) is 0 Å². The van der Waals surface area contributed by atoms with Crippen LogP contribution in [0.1, 0.15) is 75.1 Å².